The van der Waals surface area contributed by atoms with Crippen molar-refractivity contribution in [3.63, 3.8) is 0 Å². The van der Waals surface area contributed by atoms with Gasteiger partial charge in [0, 0.05) is 38.0 Å². The SMILES string of the molecule is [2H]c1c([2H])c([2H])c2c(c1[2H])c1c([2H])c(-c3ccc4c(c3)c3ccc(-c5ccccc5)cc3n4-c3ccc(-c4ccccc4)cc3)c([2H])c([2H])c1n2-c1cccc2c1oc1ccccc12. The van der Waals surface area contributed by atoms with Gasteiger partial charge in [0.2, 0.25) is 0 Å². The minimum Gasteiger partial charge on any atom is -0.454 e. The second kappa shape index (κ2) is 12.5. The zero-order valence-corrected chi connectivity index (χ0v) is 30.4. The standard InChI is InChI=1S/C54H34N2O/c1-3-12-35(13-4-1)37-22-27-41(28-23-37)55-49-30-25-38(33-47(49)43-29-24-40(34-52(43)55)36-14-5-2-6-15-36)39-26-31-50-46(32-39)42-16-7-9-19-48(42)56(50)51-20-11-18-45-44-17-8-10-21-53(44)57-54(45)51/h1-34H/i7D,9D,16D,19D,26D,31D,32D. The molecule has 0 saturated heterocycles. The first-order valence-corrected chi connectivity index (χ1v) is 18.9. The molecule has 3 heterocycles. The van der Waals surface area contributed by atoms with Gasteiger partial charge in [0.25, 0.3) is 0 Å². The fourth-order valence-electron chi connectivity index (χ4n) is 8.51. The van der Waals surface area contributed by atoms with Gasteiger partial charge in [0.05, 0.1) is 37.3 Å². The molecule has 0 fully saturated rings. The molecule has 0 radical (unpaired) electrons. The van der Waals surface area contributed by atoms with Crippen molar-refractivity contribution in [2.24, 2.45) is 0 Å². The molecular weight excluding hydrogens is 693 g/mol. The highest BCUT2D eigenvalue weighted by Gasteiger charge is 2.19. The van der Waals surface area contributed by atoms with E-state index < -0.39 is 12.1 Å². The largest absolute Gasteiger partial charge is 0.454 e. The van der Waals surface area contributed by atoms with Gasteiger partial charge >= 0.3 is 0 Å². The van der Waals surface area contributed by atoms with Crippen molar-refractivity contribution in [1.29, 1.82) is 0 Å². The molecule has 0 atom stereocenters. The lowest BCUT2D eigenvalue weighted by Crippen LogP contribution is -1.94. The minimum atomic E-state index is -0.443. The van der Waals surface area contributed by atoms with Crippen molar-refractivity contribution in [2.45, 2.75) is 0 Å². The molecule has 12 aromatic rings. The summed E-state index contributed by atoms with van der Waals surface area (Å²) < 4.78 is 75.5. The Morgan fingerprint density at radius 1 is 0.368 bits per heavy atom. The number of nitrogens with zero attached hydrogens (tertiary/aromatic N) is 2. The molecule has 3 heteroatoms. The van der Waals surface area contributed by atoms with Crippen molar-refractivity contribution in [1.82, 2.24) is 9.13 Å². The van der Waals surface area contributed by atoms with Crippen LogP contribution in [-0.2, 0) is 0 Å². The van der Waals surface area contributed by atoms with Gasteiger partial charge in [0.1, 0.15) is 5.58 Å². The number of fused-ring (bicyclic) bond motifs is 9. The molecule has 0 amide bonds. The van der Waals surface area contributed by atoms with Crippen molar-refractivity contribution in [2.75, 3.05) is 0 Å². The van der Waals surface area contributed by atoms with E-state index in [9.17, 15) is 6.85 Å². The van der Waals surface area contributed by atoms with Gasteiger partial charge in [-0.3, -0.25) is 0 Å². The van der Waals surface area contributed by atoms with Crippen LogP contribution >= 0.6 is 0 Å². The summed E-state index contributed by atoms with van der Waals surface area (Å²) in [7, 11) is 0. The van der Waals surface area contributed by atoms with Gasteiger partial charge in [-0.2, -0.15) is 0 Å². The fourth-order valence-corrected chi connectivity index (χ4v) is 8.51. The van der Waals surface area contributed by atoms with E-state index in [1.54, 1.807) is 10.6 Å². The monoisotopic (exact) mass is 733 g/mol. The van der Waals surface area contributed by atoms with E-state index in [-0.39, 0.29) is 57.6 Å². The molecule has 0 aliphatic carbocycles. The Labute approximate surface area is 338 Å². The average molecular weight is 734 g/mol. The summed E-state index contributed by atoms with van der Waals surface area (Å²) in [6.45, 7) is 0. The molecule has 0 bridgehead atoms. The van der Waals surface area contributed by atoms with Gasteiger partial charge in [0.15, 0.2) is 5.58 Å². The summed E-state index contributed by atoms with van der Waals surface area (Å²) in [6, 6.07) is 52.4. The molecule has 3 nitrogen and oxygen atoms in total. The van der Waals surface area contributed by atoms with Gasteiger partial charge in [-0.05, 0) is 94.0 Å². The zero-order valence-electron chi connectivity index (χ0n) is 37.4. The number of aromatic nitrogens is 2. The van der Waals surface area contributed by atoms with E-state index in [1.165, 1.54) is 0 Å². The maximum atomic E-state index is 9.94. The maximum Gasteiger partial charge on any atom is 0.159 e. The summed E-state index contributed by atoms with van der Waals surface area (Å²) in [4.78, 5) is 0. The summed E-state index contributed by atoms with van der Waals surface area (Å²) in [5, 5.41) is 3.80. The molecule has 3 aromatic heterocycles. The Bertz CT molecular complexity index is 3910. The van der Waals surface area contributed by atoms with Crippen LogP contribution in [0, 0.1) is 0 Å². The predicted molar refractivity (Wildman–Crippen MR) is 239 cm³/mol. The highest BCUT2D eigenvalue weighted by Crippen LogP contribution is 2.41. The number of hydrogen-bond donors (Lipinski definition) is 0. The van der Waals surface area contributed by atoms with Gasteiger partial charge in [-0.1, -0.05) is 145 Å². The number of para-hydroxylation sites is 3. The first-order chi connectivity index (χ1) is 31.2. The molecule has 12 rings (SSSR count). The van der Waals surface area contributed by atoms with E-state index >= 15 is 0 Å². The smallest absolute Gasteiger partial charge is 0.159 e. The molecule has 0 aliphatic heterocycles. The molecular formula is C54H34N2O. The van der Waals surface area contributed by atoms with Crippen molar-refractivity contribution < 1.29 is 14.0 Å². The number of rotatable bonds is 5. The lowest BCUT2D eigenvalue weighted by molar-refractivity contribution is 0.666. The first-order valence-electron chi connectivity index (χ1n) is 22.4. The molecule has 0 saturated carbocycles. The summed E-state index contributed by atoms with van der Waals surface area (Å²) in [6.07, 6.45) is 0. The third kappa shape index (κ3) is 4.92. The molecule has 57 heavy (non-hydrogen) atoms. The predicted octanol–water partition coefficient (Wildman–Crippen LogP) is 14.8. The van der Waals surface area contributed by atoms with Crippen LogP contribution in [0.5, 0.6) is 0 Å². The number of hydrogen-bond acceptors (Lipinski definition) is 1. The molecule has 0 N–H and O–H groups in total. The summed E-state index contributed by atoms with van der Waals surface area (Å²) in [5.41, 5.74) is 9.78. The highest BCUT2D eigenvalue weighted by molar-refractivity contribution is 6.15. The van der Waals surface area contributed by atoms with E-state index in [0.717, 1.165) is 60.5 Å². The van der Waals surface area contributed by atoms with Crippen LogP contribution in [0.2, 0.25) is 0 Å². The van der Waals surface area contributed by atoms with E-state index in [1.807, 2.05) is 91.0 Å². The third-order valence-corrected chi connectivity index (χ3v) is 11.2. The van der Waals surface area contributed by atoms with Crippen LogP contribution in [-0.4, -0.2) is 9.13 Å². The lowest BCUT2D eigenvalue weighted by Gasteiger charge is -2.11. The highest BCUT2D eigenvalue weighted by atomic mass is 16.3. The van der Waals surface area contributed by atoms with E-state index in [4.69, 9.17) is 7.16 Å². The molecule has 0 spiro atoms. The third-order valence-electron chi connectivity index (χ3n) is 11.2. The molecule has 9 aromatic carbocycles. The molecule has 0 unspecified atom stereocenters. The lowest BCUT2D eigenvalue weighted by atomic mass is 9.99. The van der Waals surface area contributed by atoms with E-state index in [2.05, 4.69) is 71.3 Å². The zero-order chi connectivity index (χ0) is 43.5. The average Bonchev–Trinajstić information content (AvgIpc) is 4.01. The molecule has 0 aliphatic rings. The van der Waals surface area contributed by atoms with Gasteiger partial charge in [-0.15, -0.1) is 0 Å². The Balaban J connectivity index is 1.13. The maximum absolute atomic E-state index is 9.94. The fraction of sp³-hybridized carbons (Fsp3) is 0. The van der Waals surface area contributed by atoms with Crippen molar-refractivity contribution in [3.8, 4) is 44.8 Å². The topological polar surface area (TPSA) is 23.0 Å². The second-order valence-corrected chi connectivity index (χ2v) is 14.4. The Kier molecular flexibility index (Phi) is 5.56. The number of benzene rings is 9. The molecule has 266 valence electrons. The van der Waals surface area contributed by atoms with Crippen LogP contribution in [0.4, 0.5) is 0 Å². The van der Waals surface area contributed by atoms with Crippen LogP contribution in [0.3, 0.4) is 0 Å². The van der Waals surface area contributed by atoms with Gasteiger partial charge < -0.3 is 13.6 Å². The summed E-state index contributed by atoms with van der Waals surface area (Å²) >= 11 is 0. The summed E-state index contributed by atoms with van der Waals surface area (Å²) in [5.74, 6) is 0. The Hall–Kier alpha value is -7.62. The van der Waals surface area contributed by atoms with E-state index in [0.29, 0.717) is 22.4 Å². The van der Waals surface area contributed by atoms with Crippen molar-refractivity contribution >= 4 is 65.6 Å². The van der Waals surface area contributed by atoms with Crippen LogP contribution in [0.1, 0.15) is 9.60 Å². The Morgan fingerprint density at radius 3 is 1.88 bits per heavy atom. The Morgan fingerprint density at radius 2 is 1.04 bits per heavy atom. The van der Waals surface area contributed by atoms with Crippen LogP contribution < -0.4 is 0 Å². The van der Waals surface area contributed by atoms with Crippen LogP contribution in [0.25, 0.3) is 110 Å². The second-order valence-electron chi connectivity index (χ2n) is 14.4. The first kappa shape index (κ1) is 25.5. The minimum absolute atomic E-state index is 0.104. The normalized spacial score (nSPS) is 13.6. The van der Waals surface area contributed by atoms with Crippen LogP contribution in [0.15, 0.2) is 211 Å². The van der Waals surface area contributed by atoms with Crippen molar-refractivity contribution in [3.05, 3.63) is 206 Å². The van der Waals surface area contributed by atoms with Gasteiger partial charge in [-0.25, -0.2) is 0 Å². The number of furan rings is 1. The quantitative estimate of drug-likeness (QED) is 0.173.